The first-order valence-corrected chi connectivity index (χ1v) is 9.21. The Bertz CT molecular complexity index is 350. The molecule has 0 aromatic heterocycles. The van der Waals surface area contributed by atoms with Gasteiger partial charge in [0.05, 0.1) is 19.4 Å². The molecule has 0 amide bonds. The number of rotatable bonds is 16. The van der Waals surface area contributed by atoms with Crippen LogP contribution in [0.25, 0.3) is 0 Å². The quantitative estimate of drug-likeness (QED) is 0.173. The van der Waals surface area contributed by atoms with Gasteiger partial charge in [-0.1, -0.05) is 71.3 Å². The van der Waals surface area contributed by atoms with Crippen LogP contribution in [-0.2, 0) is 19.1 Å². The molecule has 0 saturated heterocycles. The standard InChI is InChI=1S/C19H33FO4.Na.H/c1-3-5-6-7-8-9-10-11-12-13-16-23-18(21)14-15-19(22)24-17(20)4-2;;/h4,17H,2-3,5-16H2,1H3;;. The average molecular weight is 368 g/mol. The maximum absolute atomic E-state index is 12.7. The Hall–Kier alpha value is -0.390. The first kappa shape index (κ1) is 26.8. The monoisotopic (exact) mass is 368 g/mol. The summed E-state index contributed by atoms with van der Waals surface area (Å²) in [5.41, 5.74) is 0. The van der Waals surface area contributed by atoms with E-state index in [0.717, 1.165) is 25.3 Å². The predicted octanol–water partition coefficient (Wildman–Crippen LogP) is 4.61. The van der Waals surface area contributed by atoms with Gasteiger partial charge in [-0.25, -0.2) is 0 Å². The van der Waals surface area contributed by atoms with Crippen molar-refractivity contribution in [3.63, 3.8) is 0 Å². The van der Waals surface area contributed by atoms with E-state index < -0.39 is 18.3 Å². The molecule has 142 valence electrons. The summed E-state index contributed by atoms with van der Waals surface area (Å²) in [6.45, 7) is 5.76. The Morgan fingerprint density at radius 2 is 1.40 bits per heavy atom. The molecule has 0 bridgehead atoms. The van der Waals surface area contributed by atoms with E-state index in [4.69, 9.17) is 4.74 Å². The van der Waals surface area contributed by atoms with Gasteiger partial charge in [-0.05, 0) is 12.5 Å². The van der Waals surface area contributed by atoms with Crippen molar-refractivity contribution in [2.24, 2.45) is 0 Å². The summed E-state index contributed by atoms with van der Waals surface area (Å²) in [7, 11) is 0. The Labute approximate surface area is 174 Å². The molecule has 4 nitrogen and oxygen atoms in total. The van der Waals surface area contributed by atoms with Crippen molar-refractivity contribution >= 4 is 41.5 Å². The fourth-order valence-electron chi connectivity index (χ4n) is 2.28. The van der Waals surface area contributed by atoms with E-state index in [0.29, 0.717) is 6.61 Å². The van der Waals surface area contributed by atoms with Crippen LogP contribution in [0.4, 0.5) is 4.39 Å². The Morgan fingerprint density at radius 1 is 0.920 bits per heavy atom. The van der Waals surface area contributed by atoms with E-state index in [-0.39, 0.29) is 42.4 Å². The van der Waals surface area contributed by atoms with Crippen LogP contribution in [0.15, 0.2) is 12.7 Å². The van der Waals surface area contributed by atoms with Crippen molar-refractivity contribution in [1.29, 1.82) is 0 Å². The van der Waals surface area contributed by atoms with Crippen LogP contribution in [0.3, 0.4) is 0 Å². The minimum absolute atomic E-state index is 0. The third-order valence-electron chi connectivity index (χ3n) is 3.72. The Morgan fingerprint density at radius 3 is 1.92 bits per heavy atom. The fraction of sp³-hybridized carbons (Fsp3) is 0.789. The summed E-state index contributed by atoms with van der Waals surface area (Å²) in [4.78, 5) is 22.6. The van der Waals surface area contributed by atoms with Crippen molar-refractivity contribution in [3.8, 4) is 0 Å². The van der Waals surface area contributed by atoms with Gasteiger partial charge >= 0.3 is 41.5 Å². The van der Waals surface area contributed by atoms with E-state index >= 15 is 0 Å². The van der Waals surface area contributed by atoms with Gasteiger partial charge in [0, 0.05) is 0 Å². The van der Waals surface area contributed by atoms with Crippen LogP contribution in [0.1, 0.15) is 84.0 Å². The van der Waals surface area contributed by atoms with Crippen LogP contribution < -0.4 is 0 Å². The van der Waals surface area contributed by atoms with E-state index in [1.807, 2.05) is 0 Å². The van der Waals surface area contributed by atoms with Crippen molar-refractivity contribution in [1.82, 2.24) is 0 Å². The van der Waals surface area contributed by atoms with Crippen molar-refractivity contribution in [3.05, 3.63) is 12.7 Å². The molecular formula is C19H34FNaO4. The number of hydrogen-bond acceptors (Lipinski definition) is 4. The van der Waals surface area contributed by atoms with E-state index in [1.165, 1.54) is 44.9 Å². The van der Waals surface area contributed by atoms with E-state index in [1.54, 1.807) is 0 Å². The second-order valence-corrected chi connectivity index (χ2v) is 5.98. The molecule has 0 heterocycles. The predicted molar refractivity (Wildman–Crippen MR) is 100 cm³/mol. The van der Waals surface area contributed by atoms with Crippen LogP contribution in [0, 0.1) is 0 Å². The summed E-state index contributed by atoms with van der Waals surface area (Å²) in [6.07, 6.45) is 11.0. The molecule has 0 spiro atoms. The van der Waals surface area contributed by atoms with Gasteiger partial charge in [-0.15, -0.1) is 0 Å². The molecule has 0 aromatic carbocycles. The molecule has 0 aliphatic rings. The zero-order chi connectivity index (χ0) is 18.0. The van der Waals surface area contributed by atoms with Crippen LogP contribution in [-0.4, -0.2) is 54.5 Å². The van der Waals surface area contributed by atoms with Gasteiger partial charge in [0.1, 0.15) is 0 Å². The van der Waals surface area contributed by atoms with E-state index in [9.17, 15) is 14.0 Å². The molecule has 0 N–H and O–H groups in total. The summed E-state index contributed by atoms with van der Waals surface area (Å²) >= 11 is 0. The number of carbonyl (C=O) groups excluding carboxylic acids is 2. The number of hydrogen-bond donors (Lipinski definition) is 0. The Kier molecular flexibility index (Phi) is 21.4. The van der Waals surface area contributed by atoms with Crippen LogP contribution in [0.5, 0.6) is 0 Å². The van der Waals surface area contributed by atoms with Gasteiger partial charge in [0.15, 0.2) is 0 Å². The summed E-state index contributed by atoms with van der Waals surface area (Å²) < 4.78 is 22.0. The Balaban J connectivity index is 0. The van der Waals surface area contributed by atoms with Gasteiger partial charge < -0.3 is 9.47 Å². The van der Waals surface area contributed by atoms with Gasteiger partial charge in [0.2, 0.25) is 0 Å². The van der Waals surface area contributed by atoms with Crippen molar-refractivity contribution in [2.75, 3.05) is 6.61 Å². The first-order valence-electron chi connectivity index (χ1n) is 9.21. The van der Waals surface area contributed by atoms with Crippen LogP contribution >= 0.6 is 0 Å². The number of unbranched alkanes of at least 4 members (excludes halogenated alkanes) is 9. The molecule has 0 fully saturated rings. The van der Waals surface area contributed by atoms with Gasteiger partial charge in [-0.3, -0.25) is 9.59 Å². The molecule has 0 saturated carbocycles. The minimum atomic E-state index is -1.82. The number of esters is 2. The maximum atomic E-state index is 12.7. The van der Waals surface area contributed by atoms with E-state index in [2.05, 4.69) is 18.2 Å². The molecule has 6 heteroatoms. The number of carbonyl (C=O) groups is 2. The normalized spacial score (nSPS) is 11.3. The molecule has 1 atom stereocenters. The second-order valence-electron chi connectivity index (χ2n) is 5.98. The molecular weight excluding hydrogens is 334 g/mol. The molecule has 0 rings (SSSR count). The topological polar surface area (TPSA) is 52.6 Å². The molecule has 1 unspecified atom stereocenters. The van der Waals surface area contributed by atoms with Crippen molar-refractivity contribution in [2.45, 2.75) is 90.3 Å². The zero-order valence-corrected chi connectivity index (χ0v) is 15.1. The molecule has 0 aliphatic heterocycles. The van der Waals surface area contributed by atoms with Crippen molar-refractivity contribution < 1.29 is 23.5 Å². The summed E-state index contributed by atoms with van der Waals surface area (Å²) in [5.74, 6) is -1.21. The number of ether oxygens (including phenoxy) is 2. The molecule has 0 radical (unpaired) electrons. The SMILES string of the molecule is C=CC(F)OC(=O)CCC(=O)OCCCCCCCCCCCC.[NaH]. The fourth-order valence-corrected chi connectivity index (χ4v) is 2.28. The van der Waals surface area contributed by atoms with Crippen LogP contribution in [0.2, 0.25) is 0 Å². The van der Waals surface area contributed by atoms with Gasteiger partial charge in [0.25, 0.3) is 6.36 Å². The summed E-state index contributed by atoms with van der Waals surface area (Å²) in [5, 5.41) is 0. The average Bonchev–Trinajstić information content (AvgIpc) is 2.57. The third-order valence-corrected chi connectivity index (χ3v) is 3.72. The second kappa shape index (κ2) is 19.9. The number of halogens is 1. The molecule has 25 heavy (non-hydrogen) atoms. The third kappa shape index (κ3) is 19.8. The number of alkyl halides is 1. The molecule has 0 aliphatic carbocycles. The first-order chi connectivity index (χ1) is 11.6. The molecule has 0 aromatic rings. The summed E-state index contributed by atoms with van der Waals surface area (Å²) in [6, 6.07) is 0. The zero-order valence-electron chi connectivity index (χ0n) is 15.1. The van der Waals surface area contributed by atoms with Gasteiger partial charge in [-0.2, -0.15) is 4.39 Å².